The Labute approximate surface area is 187 Å². The predicted molar refractivity (Wildman–Crippen MR) is 125 cm³/mol. The van der Waals surface area contributed by atoms with Crippen molar-refractivity contribution in [2.75, 3.05) is 30.4 Å². The third kappa shape index (κ3) is 5.01. The monoisotopic (exact) mass is 427 g/mol. The number of nitrogens with one attached hydrogen (secondary N) is 1. The largest absolute Gasteiger partial charge is 0.443 e. The lowest BCUT2D eigenvalue weighted by Gasteiger charge is -2.24. The number of benzene rings is 2. The first-order valence-electron chi connectivity index (χ1n) is 10.6. The van der Waals surface area contributed by atoms with E-state index >= 15 is 0 Å². The van der Waals surface area contributed by atoms with Crippen LogP contribution in [0.25, 0.3) is 0 Å². The minimum Gasteiger partial charge on any atom is -0.443 e. The second-order valence-corrected chi connectivity index (χ2v) is 7.80. The van der Waals surface area contributed by atoms with E-state index in [2.05, 4.69) is 22.1 Å². The molecule has 0 saturated carbocycles. The zero-order valence-corrected chi connectivity index (χ0v) is 18.2. The number of amides is 2. The molecular weight excluding hydrogens is 402 g/mol. The van der Waals surface area contributed by atoms with Crippen molar-refractivity contribution in [3.05, 3.63) is 83.8 Å². The van der Waals surface area contributed by atoms with Gasteiger partial charge in [-0.1, -0.05) is 24.1 Å². The van der Waals surface area contributed by atoms with Crippen LogP contribution in [0.4, 0.5) is 11.4 Å². The van der Waals surface area contributed by atoms with Crippen molar-refractivity contribution < 1.29 is 14.0 Å². The van der Waals surface area contributed by atoms with Gasteiger partial charge >= 0.3 is 0 Å². The second kappa shape index (κ2) is 9.44. The summed E-state index contributed by atoms with van der Waals surface area (Å²) in [5, 5.41) is 2.85. The highest BCUT2D eigenvalue weighted by atomic mass is 16.3. The SMILES string of the molecule is CC(=O)N(C)C1CCN(c2ccc(NC(=O)c3ccc(C#Cc4ccccc4)o3)cc2)C1. The Hall–Kier alpha value is -3.98. The van der Waals surface area contributed by atoms with Gasteiger partial charge in [0.15, 0.2) is 11.5 Å². The Kier molecular flexibility index (Phi) is 6.27. The number of likely N-dealkylation sites (N-methyl/N-ethyl adjacent to an activating group) is 1. The van der Waals surface area contributed by atoms with Gasteiger partial charge < -0.3 is 19.5 Å². The highest BCUT2D eigenvalue weighted by Crippen LogP contribution is 2.24. The first-order valence-corrected chi connectivity index (χ1v) is 10.6. The highest BCUT2D eigenvalue weighted by molar-refractivity contribution is 6.02. The van der Waals surface area contributed by atoms with Gasteiger partial charge in [0, 0.05) is 44.0 Å². The molecule has 1 aromatic heterocycles. The van der Waals surface area contributed by atoms with Crippen LogP contribution in [0.15, 0.2) is 71.1 Å². The third-order valence-corrected chi connectivity index (χ3v) is 5.63. The molecule has 6 heteroatoms. The summed E-state index contributed by atoms with van der Waals surface area (Å²) in [4.78, 5) is 28.2. The average molecular weight is 428 g/mol. The molecule has 2 amide bonds. The minimum absolute atomic E-state index is 0.0852. The molecule has 0 radical (unpaired) electrons. The summed E-state index contributed by atoms with van der Waals surface area (Å²) in [5.74, 6) is 6.35. The summed E-state index contributed by atoms with van der Waals surface area (Å²) in [6.07, 6.45) is 0.947. The van der Waals surface area contributed by atoms with Crippen molar-refractivity contribution in [3.63, 3.8) is 0 Å². The molecule has 1 aliphatic rings. The molecule has 0 bridgehead atoms. The quantitative estimate of drug-likeness (QED) is 0.640. The van der Waals surface area contributed by atoms with Crippen LogP contribution in [-0.4, -0.2) is 42.9 Å². The average Bonchev–Trinajstić information content (AvgIpc) is 3.48. The van der Waals surface area contributed by atoms with E-state index in [1.165, 1.54) is 0 Å². The van der Waals surface area contributed by atoms with E-state index in [0.717, 1.165) is 30.8 Å². The van der Waals surface area contributed by atoms with Crippen LogP contribution in [0.1, 0.15) is 35.2 Å². The summed E-state index contributed by atoms with van der Waals surface area (Å²) in [5.41, 5.74) is 2.63. The Morgan fingerprint density at radius 3 is 2.50 bits per heavy atom. The van der Waals surface area contributed by atoms with Crippen LogP contribution in [0.3, 0.4) is 0 Å². The molecule has 1 unspecified atom stereocenters. The van der Waals surface area contributed by atoms with E-state index in [0.29, 0.717) is 11.4 Å². The van der Waals surface area contributed by atoms with Gasteiger partial charge in [0.25, 0.3) is 5.91 Å². The normalized spacial score (nSPS) is 15.1. The summed E-state index contributed by atoms with van der Waals surface area (Å²) in [7, 11) is 1.85. The van der Waals surface area contributed by atoms with E-state index in [1.807, 2.05) is 61.6 Å². The molecule has 3 aromatic rings. The van der Waals surface area contributed by atoms with Crippen molar-refractivity contribution >= 4 is 23.2 Å². The molecule has 0 aliphatic carbocycles. The fourth-order valence-electron chi connectivity index (χ4n) is 3.68. The van der Waals surface area contributed by atoms with Gasteiger partial charge in [0.05, 0.1) is 6.04 Å². The number of nitrogens with zero attached hydrogens (tertiary/aromatic N) is 2. The highest BCUT2D eigenvalue weighted by Gasteiger charge is 2.27. The number of carbonyl (C=O) groups is 2. The zero-order valence-electron chi connectivity index (χ0n) is 18.2. The van der Waals surface area contributed by atoms with E-state index in [-0.39, 0.29) is 23.6 Å². The number of anilines is 2. The fraction of sp³-hybridized carbons (Fsp3) is 0.231. The molecule has 1 saturated heterocycles. The van der Waals surface area contributed by atoms with Crippen LogP contribution in [-0.2, 0) is 4.79 Å². The van der Waals surface area contributed by atoms with Crippen LogP contribution in [0.5, 0.6) is 0 Å². The van der Waals surface area contributed by atoms with Crippen molar-refractivity contribution in [2.24, 2.45) is 0 Å². The molecule has 6 nitrogen and oxygen atoms in total. The van der Waals surface area contributed by atoms with Crippen LogP contribution < -0.4 is 10.2 Å². The standard InChI is InChI=1S/C26H25N3O3/c1-19(30)28(2)23-16-17-29(18-23)22-11-9-21(10-12-22)27-26(31)25-15-14-24(32-25)13-8-20-6-4-3-5-7-20/h3-7,9-12,14-15,23H,16-18H2,1-2H3,(H,27,31). The Bertz CT molecular complexity index is 1160. The molecule has 1 aliphatic heterocycles. The Morgan fingerprint density at radius 2 is 1.78 bits per heavy atom. The molecule has 2 aromatic carbocycles. The van der Waals surface area contributed by atoms with E-state index in [4.69, 9.17) is 4.42 Å². The van der Waals surface area contributed by atoms with Gasteiger partial charge in [-0.15, -0.1) is 0 Å². The van der Waals surface area contributed by atoms with E-state index < -0.39 is 0 Å². The molecule has 162 valence electrons. The first kappa shape index (κ1) is 21.3. The topological polar surface area (TPSA) is 65.8 Å². The number of hydrogen-bond donors (Lipinski definition) is 1. The molecule has 1 atom stereocenters. The van der Waals surface area contributed by atoms with Gasteiger partial charge in [-0.3, -0.25) is 9.59 Å². The van der Waals surface area contributed by atoms with Gasteiger partial charge in [-0.05, 0) is 60.9 Å². The maximum atomic E-state index is 12.5. The lowest BCUT2D eigenvalue weighted by atomic mass is 10.2. The Morgan fingerprint density at radius 1 is 1.03 bits per heavy atom. The number of rotatable bonds is 4. The van der Waals surface area contributed by atoms with Crippen molar-refractivity contribution in [1.29, 1.82) is 0 Å². The van der Waals surface area contributed by atoms with E-state index in [1.54, 1.807) is 24.0 Å². The first-order chi connectivity index (χ1) is 15.5. The molecule has 4 rings (SSSR count). The summed E-state index contributed by atoms with van der Waals surface area (Å²) in [6, 6.07) is 20.8. The fourth-order valence-corrected chi connectivity index (χ4v) is 3.68. The van der Waals surface area contributed by atoms with E-state index in [9.17, 15) is 9.59 Å². The summed E-state index contributed by atoms with van der Waals surface area (Å²) < 4.78 is 5.57. The second-order valence-electron chi connectivity index (χ2n) is 7.80. The molecule has 32 heavy (non-hydrogen) atoms. The predicted octanol–water partition coefficient (Wildman–Crippen LogP) is 3.99. The van der Waals surface area contributed by atoms with Gasteiger partial charge in [0.2, 0.25) is 5.91 Å². The maximum absolute atomic E-state index is 12.5. The molecule has 2 heterocycles. The lowest BCUT2D eigenvalue weighted by molar-refractivity contribution is -0.129. The van der Waals surface area contributed by atoms with Gasteiger partial charge in [-0.25, -0.2) is 0 Å². The smallest absolute Gasteiger partial charge is 0.291 e. The van der Waals surface area contributed by atoms with Gasteiger partial charge in [0.1, 0.15) is 0 Å². The van der Waals surface area contributed by atoms with Crippen LogP contribution in [0, 0.1) is 11.8 Å². The van der Waals surface area contributed by atoms with Crippen molar-refractivity contribution in [1.82, 2.24) is 4.90 Å². The molecule has 0 spiro atoms. The van der Waals surface area contributed by atoms with Crippen molar-refractivity contribution in [3.8, 4) is 11.8 Å². The zero-order chi connectivity index (χ0) is 22.5. The minimum atomic E-state index is -0.324. The van der Waals surface area contributed by atoms with Crippen molar-refractivity contribution in [2.45, 2.75) is 19.4 Å². The number of carbonyl (C=O) groups excluding carboxylic acids is 2. The van der Waals surface area contributed by atoms with Crippen LogP contribution >= 0.6 is 0 Å². The summed E-state index contributed by atoms with van der Waals surface area (Å²) in [6.45, 7) is 3.30. The molecule has 1 N–H and O–H groups in total. The summed E-state index contributed by atoms with van der Waals surface area (Å²) >= 11 is 0. The van der Waals surface area contributed by atoms with Crippen LogP contribution in [0.2, 0.25) is 0 Å². The number of hydrogen-bond acceptors (Lipinski definition) is 4. The van der Waals surface area contributed by atoms with Gasteiger partial charge in [-0.2, -0.15) is 0 Å². The lowest BCUT2D eigenvalue weighted by Crippen LogP contribution is -2.37. The number of furan rings is 1. The third-order valence-electron chi connectivity index (χ3n) is 5.63. The molecule has 1 fully saturated rings. The maximum Gasteiger partial charge on any atom is 0.291 e. The Balaban J connectivity index is 1.35. The molecular formula is C26H25N3O3.